The van der Waals surface area contributed by atoms with Crippen LogP contribution in [0.1, 0.15) is 59.8 Å². The number of likely N-dealkylation sites (tertiary alicyclic amines) is 1. The van der Waals surface area contributed by atoms with Crippen LogP contribution in [-0.2, 0) is 0 Å². The highest BCUT2D eigenvalue weighted by atomic mass is 15.3. The van der Waals surface area contributed by atoms with Gasteiger partial charge in [0.25, 0.3) is 0 Å². The molecule has 0 aromatic rings. The zero-order valence-corrected chi connectivity index (χ0v) is 17.9. The molecule has 2 aliphatic carbocycles. The van der Waals surface area contributed by atoms with Gasteiger partial charge in [-0.25, -0.2) is 0 Å². The van der Waals surface area contributed by atoms with E-state index in [1.165, 1.54) is 84.5 Å². The standard InChI is InChI=1S/C23H43N3/c1-18(2)13-23(7-8-23)17-25-14-20-5-6-21(15-25)22(20)16-24-9-11-26(12-10-24)19(3)4/h18-22H,5-17H2,1-4H3. The van der Waals surface area contributed by atoms with Gasteiger partial charge in [-0.3, -0.25) is 4.90 Å². The van der Waals surface area contributed by atoms with Crippen LogP contribution in [0.3, 0.4) is 0 Å². The summed E-state index contributed by atoms with van der Waals surface area (Å²) in [6.45, 7) is 20.3. The molecule has 4 aliphatic rings. The number of rotatable bonds is 7. The van der Waals surface area contributed by atoms with Gasteiger partial charge in [0.2, 0.25) is 0 Å². The molecule has 0 radical (unpaired) electrons. The Kier molecular flexibility index (Phi) is 5.70. The van der Waals surface area contributed by atoms with E-state index in [2.05, 4.69) is 42.4 Å². The molecule has 0 amide bonds. The molecule has 2 unspecified atom stereocenters. The van der Waals surface area contributed by atoms with E-state index in [1.54, 1.807) is 0 Å². The van der Waals surface area contributed by atoms with Gasteiger partial charge < -0.3 is 9.80 Å². The van der Waals surface area contributed by atoms with E-state index in [0.29, 0.717) is 5.41 Å². The van der Waals surface area contributed by atoms with Gasteiger partial charge in [0, 0.05) is 58.4 Å². The lowest BCUT2D eigenvalue weighted by Gasteiger charge is -2.43. The van der Waals surface area contributed by atoms with Crippen LogP contribution in [-0.4, -0.2) is 73.1 Å². The van der Waals surface area contributed by atoms with E-state index < -0.39 is 0 Å². The fourth-order valence-electron chi connectivity index (χ4n) is 6.56. The van der Waals surface area contributed by atoms with Gasteiger partial charge in [-0.05, 0) is 75.0 Å². The molecular formula is C23H43N3. The maximum absolute atomic E-state index is 2.89. The first kappa shape index (κ1) is 19.2. The van der Waals surface area contributed by atoms with Crippen molar-refractivity contribution in [2.75, 3.05) is 52.4 Å². The third kappa shape index (κ3) is 4.31. The Bertz CT molecular complexity index is 448. The molecule has 3 nitrogen and oxygen atoms in total. The van der Waals surface area contributed by atoms with Gasteiger partial charge >= 0.3 is 0 Å². The molecule has 2 saturated carbocycles. The van der Waals surface area contributed by atoms with Gasteiger partial charge in [0.05, 0.1) is 0 Å². The Morgan fingerprint density at radius 2 is 1.46 bits per heavy atom. The number of piperazine rings is 1. The van der Waals surface area contributed by atoms with Crippen LogP contribution in [0, 0.1) is 29.1 Å². The van der Waals surface area contributed by atoms with Gasteiger partial charge in [-0.1, -0.05) is 13.8 Å². The topological polar surface area (TPSA) is 9.72 Å². The van der Waals surface area contributed by atoms with Gasteiger partial charge in [0.1, 0.15) is 0 Å². The maximum Gasteiger partial charge on any atom is 0.0113 e. The SMILES string of the molecule is CC(C)CC1(CN2CC3CCC(C2)C3CN2CCN(C(C)C)CC2)CC1. The quantitative estimate of drug-likeness (QED) is 0.683. The molecule has 3 heteroatoms. The fourth-order valence-corrected chi connectivity index (χ4v) is 6.56. The van der Waals surface area contributed by atoms with Crippen molar-refractivity contribution in [3.8, 4) is 0 Å². The molecule has 2 bridgehead atoms. The van der Waals surface area contributed by atoms with E-state index in [1.807, 2.05) is 0 Å². The molecule has 2 atom stereocenters. The van der Waals surface area contributed by atoms with Crippen LogP contribution in [0.5, 0.6) is 0 Å². The van der Waals surface area contributed by atoms with E-state index >= 15 is 0 Å². The van der Waals surface area contributed by atoms with Crippen molar-refractivity contribution in [1.82, 2.24) is 14.7 Å². The summed E-state index contributed by atoms with van der Waals surface area (Å²) in [6.07, 6.45) is 7.48. The first-order chi connectivity index (χ1) is 12.4. The lowest BCUT2D eigenvalue weighted by Crippen LogP contribution is -2.52. The van der Waals surface area contributed by atoms with Crippen molar-refractivity contribution < 1.29 is 0 Å². The summed E-state index contributed by atoms with van der Waals surface area (Å²) >= 11 is 0. The summed E-state index contributed by atoms with van der Waals surface area (Å²) in [7, 11) is 0. The van der Waals surface area contributed by atoms with Crippen molar-refractivity contribution >= 4 is 0 Å². The highest BCUT2D eigenvalue weighted by molar-refractivity contribution is 5.00. The van der Waals surface area contributed by atoms with E-state index in [9.17, 15) is 0 Å². The molecule has 4 fully saturated rings. The van der Waals surface area contributed by atoms with Crippen molar-refractivity contribution in [1.29, 1.82) is 0 Å². The fraction of sp³-hybridized carbons (Fsp3) is 1.00. The smallest absolute Gasteiger partial charge is 0.0113 e. The second kappa shape index (κ2) is 7.72. The molecular weight excluding hydrogens is 318 g/mol. The van der Waals surface area contributed by atoms with Crippen molar-refractivity contribution in [2.24, 2.45) is 29.1 Å². The molecule has 0 aromatic carbocycles. The molecule has 0 spiro atoms. The molecule has 4 rings (SSSR count). The van der Waals surface area contributed by atoms with E-state index in [4.69, 9.17) is 0 Å². The first-order valence-electron chi connectivity index (χ1n) is 11.6. The zero-order valence-electron chi connectivity index (χ0n) is 17.9. The Morgan fingerprint density at radius 1 is 0.846 bits per heavy atom. The summed E-state index contributed by atoms with van der Waals surface area (Å²) in [6, 6.07) is 0.720. The van der Waals surface area contributed by atoms with E-state index in [0.717, 1.165) is 29.7 Å². The summed E-state index contributed by atoms with van der Waals surface area (Å²) < 4.78 is 0. The average molecular weight is 362 g/mol. The van der Waals surface area contributed by atoms with Crippen LogP contribution in [0.2, 0.25) is 0 Å². The minimum Gasteiger partial charge on any atom is -0.302 e. The monoisotopic (exact) mass is 361 g/mol. The maximum atomic E-state index is 2.89. The summed E-state index contributed by atoms with van der Waals surface area (Å²) in [5.41, 5.74) is 0.716. The Hall–Kier alpha value is -0.120. The van der Waals surface area contributed by atoms with Crippen molar-refractivity contribution in [3.63, 3.8) is 0 Å². The zero-order chi connectivity index (χ0) is 18.3. The summed E-state index contributed by atoms with van der Waals surface area (Å²) in [5.74, 6) is 3.85. The van der Waals surface area contributed by atoms with Crippen molar-refractivity contribution in [2.45, 2.75) is 65.8 Å². The number of hydrogen-bond acceptors (Lipinski definition) is 3. The lowest BCUT2D eigenvalue weighted by molar-refractivity contribution is 0.0416. The van der Waals surface area contributed by atoms with Gasteiger partial charge in [-0.15, -0.1) is 0 Å². The highest BCUT2D eigenvalue weighted by Gasteiger charge is 2.48. The van der Waals surface area contributed by atoms with Crippen molar-refractivity contribution in [3.05, 3.63) is 0 Å². The van der Waals surface area contributed by atoms with Crippen LogP contribution in [0.25, 0.3) is 0 Å². The minimum atomic E-state index is 0.716. The number of hydrogen-bond donors (Lipinski definition) is 0. The van der Waals surface area contributed by atoms with Crippen LogP contribution in [0.4, 0.5) is 0 Å². The Labute approximate surface area is 162 Å². The minimum absolute atomic E-state index is 0.716. The highest BCUT2D eigenvalue weighted by Crippen LogP contribution is 2.52. The third-order valence-corrected chi connectivity index (χ3v) is 8.07. The van der Waals surface area contributed by atoms with Gasteiger partial charge in [0.15, 0.2) is 0 Å². The molecule has 0 aromatic heterocycles. The second-order valence-corrected chi connectivity index (χ2v) is 11.0. The molecule has 2 heterocycles. The predicted octanol–water partition coefficient (Wildman–Crippen LogP) is 3.80. The third-order valence-electron chi connectivity index (χ3n) is 8.07. The number of nitrogens with zero attached hydrogens (tertiary/aromatic N) is 3. The Morgan fingerprint density at radius 3 is 1.96 bits per heavy atom. The second-order valence-electron chi connectivity index (χ2n) is 11.0. The van der Waals surface area contributed by atoms with E-state index in [-0.39, 0.29) is 0 Å². The predicted molar refractivity (Wildman–Crippen MR) is 110 cm³/mol. The lowest BCUT2D eigenvalue weighted by atomic mass is 9.83. The van der Waals surface area contributed by atoms with Crippen LogP contribution in [0.15, 0.2) is 0 Å². The van der Waals surface area contributed by atoms with Crippen LogP contribution < -0.4 is 0 Å². The first-order valence-corrected chi connectivity index (χ1v) is 11.6. The largest absolute Gasteiger partial charge is 0.302 e. The average Bonchev–Trinajstić information content (AvgIpc) is 3.28. The molecule has 26 heavy (non-hydrogen) atoms. The Balaban J connectivity index is 1.27. The normalized spacial score (nSPS) is 35.5. The van der Waals surface area contributed by atoms with Gasteiger partial charge in [-0.2, -0.15) is 0 Å². The van der Waals surface area contributed by atoms with Crippen LogP contribution >= 0.6 is 0 Å². The molecule has 0 N–H and O–H groups in total. The molecule has 150 valence electrons. The number of piperidine rings is 1. The molecule has 2 aliphatic heterocycles. The summed E-state index contributed by atoms with van der Waals surface area (Å²) in [4.78, 5) is 8.34. The summed E-state index contributed by atoms with van der Waals surface area (Å²) in [5, 5.41) is 0. The molecule has 2 saturated heterocycles. The number of fused-ring (bicyclic) bond motifs is 2.